The van der Waals surface area contributed by atoms with Gasteiger partial charge in [0.1, 0.15) is 0 Å². The zero-order valence-electron chi connectivity index (χ0n) is 11.1. The van der Waals surface area contributed by atoms with E-state index in [1.54, 1.807) is 12.1 Å². The standard InChI is InChI=1S/C14H17ClF3NO/c1-2-3-5-10-6-4-7-11(8-10)9-12(19-15)13(20)14(16,17)18/h4,6-8,12,19H,2-3,5,9H2,1H3. The van der Waals surface area contributed by atoms with Crippen molar-refractivity contribution < 1.29 is 18.0 Å². The minimum atomic E-state index is -4.88. The zero-order valence-corrected chi connectivity index (χ0v) is 11.9. The second-order valence-electron chi connectivity index (χ2n) is 4.65. The first-order valence-electron chi connectivity index (χ1n) is 6.43. The van der Waals surface area contributed by atoms with Gasteiger partial charge in [0.2, 0.25) is 0 Å². The summed E-state index contributed by atoms with van der Waals surface area (Å²) >= 11 is 5.27. The molecular formula is C14H17ClF3NO. The molecule has 0 aliphatic heterocycles. The average Bonchev–Trinajstić information content (AvgIpc) is 2.41. The van der Waals surface area contributed by atoms with Crippen LogP contribution in [0.4, 0.5) is 13.2 Å². The minimum absolute atomic E-state index is 0.0815. The summed E-state index contributed by atoms with van der Waals surface area (Å²) in [4.78, 5) is 13.1. The van der Waals surface area contributed by atoms with E-state index in [0.29, 0.717) is 5.56 Å². The fraction of sp³-hybridized carbons (Fsp3) is 0.500. The third-order valence-electron chi connectivity index (χ3n) is 2.98. The van der Waals surface area contributed by atoms with E-state index < -0.39 is 18.0 Å². The number of carbonyl (C=O) groups excluding carboxylic acids is 1. The van der Waals surface area contributed by atoms with Gasteiger partial charge in [-0.15, -0.1) is 0 Å². The summed E-state index contributed by atoms with van der Waals surface area (Å²) < 4.78 is 37.2. The summed E-state index contributed by atoms with van der Waals surface area (Å²) in [7, 11) is 0. The van der Waals surface area contributed by atoms with Crippen LogP contribution in [0.3, 0.4) is 0 Å². The molecule has 1 aromatic rings. The number of aryl methyl sites for hydroxylation is 1. The molecule has 0 spiro atoms. The summed E-state index contributed by atoms with van der Waals surface area (Å²) in [6.45, 7) is 2.07. The van der Waals surface area contributed by atoms with Crippen molar-refractivity contribution in [3.8, 4) is 0 Å². The van der Waals surface area contributed by atoms with E-state index in [1.807, 2.05) is 17.0 Å². The summed E-state index contributed by atoms with van der Waals surface area (Å²) in [6.07, 6.45) is -2.03. The summed E-state index contributed by atoms with van der Waals surface area (Å²) in [5, 5.41) is 0. The Morgan fingerprint density at radius 2 is 2.00 bits per heavy atom. The predicted octanol–water partition coefficient (Wildman–Crippen LogP) is 3.82. The first-order valence-corrected chi connectivity index (χ1v) is 6.81. The first-order chi connectivity index (χ1) is 9.38. The number of benzene rings is 1. The third-order valence-corrected chi connectivity index (χ3v) is 3.24. The number of unbranched alkanes of at least 4 members (excludes halogenated alkanes) is 1. The molecule has 1 N–H and O–H groups in total. The van der Waals surface area contributed by atoms with Crippen LogP contribution in [0, 0.1) is 0 Å². The molecule has 0 radical (unpaired) electrons. The summed E-state index contributed by atoms with van der Waals surface area (Å²) in [5.41, 5.74) is 1.71. The van der Waals surface area contributed by atoms with E-state index in [9.17, 15) is 18.0 Å². The number of hydrogen-bond acceptors (Lipinski definition) is 2. The van der Waals surface area contributed by atoms with Gasteiger partial charge in [-0.1, -0.05) is 37.6 Å². The molecule has 1 rings (SSSR count). The smallest absolute Gasteiger partial charge is 0.288 e. The quantitative estimate of drug-likeness (QED) is 0.776. The highest BCUT2D eigenvalue weighted by molar-refractivity contribution is 6.15. The lowest BCUT2D eigenvalue weighted by molar-refractivity contribution is -0.172. The topological polar surface area (TPSA) is 29.1 Å². The molecule has 0 saturated carbocycles. The summed E-state index contributed by atoms with van der Waals surface area (Å²) in [6, 6.07) is 5.76. The van der Waals surface area contributed by atoms with Gasteiger partial charge in [0, 0.05) is 0 Å². The van der Waals surface area contributed by atoms with Crippen LogP contribution in [0.25, 0.3) is 0 Å². The highest BCUT2D eigenvalue weighted by atomic mass is 35.5. The molecule has 0 fully saturated rings. The van der Waals surface area contributed by atoms with Gasteiger partial charge in [-0.3, -0.25) is 4.79 Å². The van der Waals surface area contributed by atoms with Crippen molar-refractivity contribution in [1.82, 2.24) is 4.84 Å². The molecule has 0 aliphatic carbocycles. The second-order valence-corrected chi connectivity index (χ2v) is 4.87. The number of halogens is 4. The molecule has 112 valence electrons. The Labute approximate surface area is 121 Å². The molecule has 2 nitrogen and oxygen atoms in total. The molecule has 0 saturated heterocycles. The molecule has 0 heterocycles. The molecule has 0 aromatic heterocycles. The van der Waals surface area contributed by atoms with E-state index in [4.69, 9.17) is 11.8 Å². The molecule has 0 bridgehead atoms. The van der Waals surface area contributed by atoms with Crippen molar-refractivity contribution >= 4 is 17.6 Å². The lowest BCUT2D eigenvalue weighted by Gasteiger charge is -2.15. The molecule has 1 unspecified atom stereocenters. The fourth-order valence-corrected chi connectivity index (χ4v) is 2.08. The molecule has 0 aliphatic rings. The van der Waals surface area contributed by atoms with Crippen LogP contribution < -0.4 is 4.84 Å². The highest BCUT2D eigenvalue weighted by Crippen LogP contribution is 2.20. The minimum Gasteiger partial charge on any atom is -0.288 e. The Morgan fingerprint density at radius 3 is 2.55 bits per heavy atom. The third kappa shape index (κ3) is 5.13. The van der Waals surface area contributed by atoms with E-state index in [-0.39, 0.29) is 6.42 Å². The van der Waals surface area contributed by atoms with Gasteiger partial charge in [0.05, 0.1) is 6.04 Å². The van der Waals surface area contributed by atoms with Crippen molar-refractivity contribution in [3.05, 3.63) is 35.4 Å². The maximum atomic E-state index is 12.4. The van der Waals surface area contributed by atoms with Gasteiger partial charge in [-0.25, -0.2) is 4.84 Å². The Balaban J connectivity index is 2.77. The largest absolute Gasteiger partial charge is 0.451 e. The maximum Gasteiger partial charge on any atom is 0.451 e. The molecular weight excluding hydrogens is 291 g/mol. The molecule has 0 amide bonds. The van der Waals surface area contributed by atoms with Crippen LogP contribution in [0.2, 0.25) is 0 Å². The average molecular weight is 308 g/mol. The normalized spacial score (nSPS) is 13.2. The SMILES string of the molecule is CCCCc1cccc(CC(NCl)C(=O)C(F)(F)F)c1. The van der Waals surface area contributed by atoms with Crippen LogP contribution >= 0.6 is 11.8 Å². The molecule has 20 heavy (non-hydrogen) atoms. The van der Waals surface area contributed by atoms with Gasteiger partial charge in [0.15, 0.2) is 0 Å². The number of ketones is 1. The van der Waals surface area contributed by atoms with Crippen LogP contribution in [0.15, 0.2) is 24.3 Å². The van der Waals surface area contributed by atoms with Gasteiger partial charge < -0.3 is 0 Å². The predicted molar refractivity (Wildman–Crippen MR) is 72.6 cm³/mol. The molecule has 1 atom stereocenters. The Morgan fingerprint density at radius 1 is 1.35 bits per heavy atom. The van der Waals surface area contributed by atoms with E-state index in [2.05, 4.69) is 6.92 Å². The van der Waals surface area contributed by atoms with Gasteiger partial charge in [-0.2, -0.15) is 13.2 Å². The van der Waals surface area contributed by atoms with Crippen LogP contribution in [0.5, 0.6) is 0 Å². The zero-order chi connectivity index (χ0) is 15.2. The van der Waals surface area contributed by atoms with E-state index >= 15 is 0 Å². The van der Waals surface area contributed by atoms with Crippen LogP contribution in [-0.4, -0.2) is 18.0 Å². The van der Waals surface area contributed by atoms with E-state index in [1.165, 1.54) is 0 Å². The highest BCUT2D eigenvalue weighted by Gasteiger charge is 2.43. The van der Waals surface area contributed by atoms with Crippen molar-refractivity contribution in [1.29, 1.82) is 0 Å². The first kappa shape index (κ1) is 17.0. The van der Waals surface area contributed by atoms with Crippen LogP contribution in [0.1, 0.15) is 30.9 Å². The van der Waals surface area contributed by atoms with Gasteiger partial charge in [-0.05, 0) is 42.2 Å². The molecule has 6 heteroatoms. The summed E-state index contributed by atoms with van der Waals surface area (Å²) in [5.74, 6) is -1.86. The Kier molecular flexibility index (Phi) is 6.49. The number of nitrogens with one attached hydrogen (secondary N) is 1. The lowest BCUT2D eigenvalue weighted by Crippen LogP contribution is -2.42. The van der Waals surface area contributed by atoms with E-state index in [0.717, 1.165) is 24.8 Å². The number of hydrogen-bond donors (Lipinski definition) is 1. The van der Waals surface area contributed by atoms with Crippen molar-refractivity contribution in [3.63, 3.8) is 0 Å². The monoisotopic (exact) mass is 307 g/mol. The number of carbonyl (C=O) groups is 1. The van der Waals surface area contributed by atoms with Crippen molar-refractivity contribution in [2.75, 3.05) is 0 Å². The number of Topliss-reactive ketones (excluding diaryl/α,β-unsaturated/α-hetero) is 1. The fourth-order valence-electron chi connectivity index (χ4n) is 1.91. The number of alkyl halides is 3. The number of rotatable bonds is 7. The van der Waals surface area contributed by atoms with Crippen molar-refractivity contribution in [2.24, 2.45) is 0 Å². The van der Waals surface area contributed by atoms with Crippen molar-refractivity contribution in [2.45, 2.75) is 44.8 Å². The van der Waals surface area contributed by atoms with Gasteiger partial charge in [0.25, 0.3) is 5.78 Å². The second kappa shape index (κ2) is 7.64. The van der Waals surface area contributed by atoms with Gasteiger partial charge >= 0.3 is 6.18 Å². The molecule has 1 aromatic carbocycles. The maximum absolute atomic E-state index is 12.4. The lowest BCUT2D eigenvalue weighted by atomic mass is 9.99. The Hall–Kier alpha value is -1.07. The van der Waals surface area contributed by atoms with Crippen LogP contribution in [-0.2, 0) is 17.6 Å². The Bertz CT molecular complexity index is 448.